The van der Waals surface area contributed by atoms with E-state index in [-0.39, 0.29) is 24.3 Å². The van der Waals surface area contributed by atoms with E-state index in [2.05, 4.69) is 53.3 Å². The molecule has 4 rings (SSSR count). The molecule has 1 atom stereocenters. The van der Waals surface area contributed by atoms with E-state index in [1.807, 2.05) is 54.6 Å². The molecular weight excluding hydrogens is 524 g/mol. The van der Waals surface area contributed by atoms with Crippen LogP contribution in [0.25, 0.3) is 0 Å². The van der Waals surface area contributed by atoms with Gasteiger partial charge in [0, 0.05) is 23.5 Å². The number of nitrogens with one attached hydrogen (secondary N) is 1. The SMILES string of the molecule is Cc1cc(C)cc(CC(=O)N(Cc2cccc(Br)c2)[C@H](Cc2ccccc2)C(=O)NC2CCCCC2)c1. The van der Waals surface area contributed by atoms with Crippen LogP contribution in [-0.4, -0.2) is 28.8 Å². The van der Waals surface area contributed by atoms with Gasteiger partial charge in [0.25, 0.3) is 0 Å². The smallest absolute Gasteiger partial charge is 0.243 e. The Labute approximate surface area is 229 Å². The molecule has 0 heterocycles. The quantitative estimate of drug-likeness (QED) is 0.316. The van der Waals surface area contributed by atoms with E-state index in [1.165, 1.54) is 6.42 Å². The predicted molar refractivity (Wildman–Crippen MR) is 153 cm³/mol. The topological polar surface area (TPSA) is 49.4 Å². The molecule has 2 amide bonds. The molecule has 5 heteroatoms. The van der Waals surface area contributed by atoms with Crippen molar-refractivity contribution in [3.05, 3.63) is 105 Å². The number of hydrogen-bond acceptors (Lipinski definition) is 2. The van der Waals surface area contributed by atoms with Gasteiger partial charge in [0.1, 0.15) is 6.04 Å². The molecule has 194 valence electrons. The minimum atomic E-state index is -0.596. The number of hydrogen-bond donors (Lipinski definition) is 1. The molecule has 0 spiro atoms. The molecule has 1 aliphatic rings. The Hall–Kier alpha value is -2.92. The Morgan fingerprint density at radius 3 is 2.22 bits per heavy atom. The average molecular weight is 562 g/mol. The summed E-state index contributed by atoms with van der Waals surface area (Å²) in [6.07, 6.45) is 6.26. The molecule has 1 aliphatic carbocycles. The first-order chi connectivity index (χ1) is 17.9. The summed E-state index contributed by atoms with van der Waals surface area (Å²) in [5.74, 6) is -0.0933. The number of benzene rings is 3. The van der Waals surface area contributed by atoms with Gasteiger partial charge in [-0.3, -0.25) is 9.59 Å². The fraction of sp³-hybridized carbons (Fsp3) is 0.375. The molecule has 37 heavy (non-hydrogen) atoms. The molecule has 0 radical (unpaired) electrons. The van der Waals surface area contributed by atoms with E-state index < -0.39 is 6.04 Å². The third-order valence-electron chi connectivity index (χ3n) is 7.10. The Kier molecular flexibility index (Phi) is 9.56. The first-order valence-electron chi connectivity index (χ1n) is 13.3. The highest BCUT2D eigenvalue weighted by atomic mass is 79.9. The van der Waals surface area contributed by atoms with Gasteiger partial charge in [-0.2, -0.15) is 0 Å². The summed E-state index contributed by atoms with van der Waals surface area (Å²) in [5, 5.41) is 3.31. The van der Waals surface area contributed by atoms with Crippen molar-refractivity contribution in [3.8, 4) is 0 Å². The van der Waals surface area contributed by atoms with Crippen LogP contribution in [0.3, 0.4) is 0 Å². The maximum atomic E-state index is 14.0. The van der Waals surface area contributed by atoms with Gasteiger partial charge in [0.15, 0.2) is 0 Å². The van der Waals surface area contributed by atoms with Gasteiger partial charge in [-0.05, 0) is 55.5 Å². The van der Waals surface area contributed by atoms with Crippen molar-refractivity contribution in [3.63, 3.8) is 0 Å². The Bertz CT molecular complexity index is 1180. The number of aryl methyl sites for hydroxylation is 2. The molecule has 0 unspecified atom stereocenters. The van der Waals surface area contributed by atoms with Crippen LogP contribution in [0, 0.1) is 13.8 Å². The fourth-order valence-electron chi connectivity index (χ4n) is 5.38. The maximum Gasteiger partial charge on any atom is 0.243 e. The minimum absolute atomic E-state index is 0.0373. The third-order valence-corrected chi connectivity index (χ3v) is 7.59. The van der Waals surface area contributed by atoms with Gasteiger partial charge in [0.05, 0.1) is 6.42 Å². The third kappa shape index (κ3) is 8.03. The zero-order valence-electron chi connectivity index (χ0n) is 21.9. The predicted octanol–water partition coefficient (Wildman–Crippen LogP) is 6.70. The number of rotatable bonds is 9. The minimum Gasteiger partial charge on any atom is -0.352 e. The van der Waals surface area contributed by atoms with Gasteiger partial charge >= 0.3 is 0 Å². The van der Waals surface area contributed by atoms with Crippen LogP contribution in [0.1, 0.15) is 59.9 Å². The van der Waals surface area contributed by atoms with Crippen molar-refractivity contribution in [2.45, 2.75) is 77.4 Å². The highest BCUT2D eigenvalue weighted by molar-refractivity contribution is 9.10. The highest BCUT2D eigenvalue weighted by Gasteiger charge is 2.32. The summed E-state index contributed by atoms with van der Waals surface area (Å²) >= 11 is 3.56. The molecule has 3 aromatic rings. The van der Waals surface area contributed by atoms with Crippen molar-refractivity contribution in [2.24, 2.45) is 0 Å². The van der Waals surface area contributed by atoms with E-state index in [0.29, 0.717) is 13.0 Å². The van der Waals surface area contributed by atoms with Crippen molar-refractivity contribution >= 4 is 27.7 Å². The van der Waals surface area contributed by atoms with Crippen LogP contribution >= 0.6 is 15.9 Å². The standard InChI is InChI=1S/C32H37BrN2O2/c1-23-16-24(2)18-27(17-23)21-31(36)35(22-26-12-9-13-28(33)19-26)30(20-25-10-5-3-6-11-25)32(37)34-29-14-7-4-8-15-29/h3,5-6,9-13,16-19,29-30H,4,7-8,14-15,20-22H2,1-2H3,(H,34,37)/t30-/m1/s1. The van der Waals surface area contributed by atoms with Crippen LogP contribution < -0.4 is 5.32 Å². The largest absolute Gasteiger partial charge is 0.352 e. The number of nitrogens with zero attached hydrogens (tertiary/aromatic N) is 1. The van der Waals surface area contributed by atoms with E-state index in [9.17, 15) is 9.59 Å². The maximum absolute atomic E-state index is 14.0. The normalized spacial score (nSPS) is 14.7. The summed E-state index contributed by atoms with van der Waals surface area (Å²) in [7, 11) is 0. The first kappa shape index (κ1) is 27.1. The molecule has 1 N–H and O–H groups in total. The number of amides is 2. The molecule has 1 fully saturated rings. The zero-order valence-corrected chi connectivity index (χ0v) is 23.5. The van der Waals surface area contributed by atoms with Crippen molar-refractivity contribution in [1.29, 1.82) is 0 Å². The van der Waals surface area contributed by atoms with E-state index in [1.54, 1.807) is 4.90 Å². The molecule has 1 saturated carbocycles. The van der Waals surface area contributed by atoms with Crippen LogP contribution in [-0.2, 0) is 29.0 Å². The second-order valence-electron chi connectivity index (χ2n) is 10.4. The van der Waals surface area contributed by atoms with Gasteiger partial charge < -0.3 is 10.2 Å². The van der Waals surface area contributed by atoms with Gasteiger partial charge in [0.2, 0.25) is 11.8 Å². The van der Waals surface area contributed by atoms with Crippen molar-refractivity contribution in [1.82, 2.24) is 10.2 Å². The second-order valence-corrected chi connectivity index (χ2v) is 11.3. The van der Waals surface area contributed by atoms with E-state index in [4.69, 9.17) is 0 Å². The zero-order chi connectivity index (χ0) is 26.2. The lowest BCUT2D eigenvalue weighted by molar-refractivity contribution is -0.141. The summed E-state index contributed by atoms with van der Waals surface area (Å²) in [4.78, 5) is 29.6. The van der Waals surface area contributed by atoms with Gasteiger partial charge in [-0.1, -0.05) is 107 Å². The number of carbonyl (C=O) groups excluding carboxylic acids is 2. The lowest BCUT2D eigenvalue weighted by Crippen LogP contribution is -2.53. The van der Waals surface area contributed by atoms with Gasteiger partial charge in [-0.25, -0.2) is 0 Å². The van der Waals surface area contributed by atoms with Crippen molar-refractivity contribution < 1.29 is 9.59 Å². The summed E-state index contributed by atoms with van der Waals surface area (Å²) in [5.41, 5.74) is 5.29. The second kappa shape index (κ2) is 13.0. The lowest BCUT2D eigenvalue weighted by atomic mass is 9.94. The van der Waals surface area contributed by atoms with Crippen LogP contribution in [0.15, 0.2) is 77.3 Å². The van der Waals surface area contributed by atoms with E-state index in [0.717, 1.165) is 58.0 Å². The number of carbonyl (C=O) groups is 2. The van der Waals surface area contributed by atoms with E-state index >= 15 is 0 Å². The molecule has 0 aliphatic heterocycles. The number of halogens is 1. The Balaban J connectivity index is 1.67. The first-order valence-corrected chi connectivity index (χ1v) is 14.1. The highest BCUT2D eigenvalue weighted by Crippen LogP contribution is 2.22. The molecule has 4 nitrogen and oxygen atoms in total. The Morgan fingerprint density at radius 1 is 0.865 bits per heavy atom. The molecule has 0 bridgehead atoms. The average Bonchev–Trinajstić information content (AvgIpc) is 2.86. The van der Waals surface area contributed by atoms with Crippen molar-refractivity contribution in [2.75, 3.05) is 0 Å². The summed E-state index contributed by atoms with van der Waals surface area (Å²) in [6, 6.07) is 23.8. The molecular formula is C32H37BrN2O2. The summed E-state index contributed by atoms with van der Waals surface area (Å²) < 4.78 is 0.956. The fourth-order valence-corrected chi connectivity index (χ4v) is 5.82. The monoisotopic (exact) mass is 560 g/mol. The van der Waals surface area contributed by atoms with Crippen LogP contribution in [0.5, 0.6) is 0 Å². The van der Waals surface area contributed by atoms with Crippen LogP contribution in [0.2, 0.25) is 0 Å². The summed E-state index contributed by atoms with van der Waals surface area (Å²) in [6.45, 7) is 4.48. The molecule has 3 aromatic carbocycles. The van der Waals surface area contributed by atoms with Crippen LogP contribution in [0.4, 0.5) is 0 Å². The molecule has 0 saturated heterocycles. The lowest BCUT2D eigenvalue weighted by Gasteiger charge is -2.33. The Morgan fingerprint density at radius 2 is 1.54 bits per heavy atom. The van der Waals surface area contributed by atoms with Gasteiger partial charge in [-0.15, -0.1) is 0 Å². The molecule has 0 aromatic heterocycles.